The van der Waals surface area contributed by atoms with Gasteiger partial charge in [-0.2, -0.15) is 0 Å². The van der Waals surface area contributed by atoms with E-state index in [-0.39, 0.29) is 17.5 Å². The fourth-order valence-electron chi connectivity index (χ4n) is 23.6. The van der Waals surface area contributed by atoms with E-state index < -0.39 is 18.8 Å². The molecule has 638 valence electrons. The lowest BCUT2D eigenvalue weighted by atomic mass is 9.28. The van der Waals surface area contributed by atoms with Crippen molar-refractivity contribution in [1.29, 1.82) is 0 Å². The van der Waals surface area contributed by atoms with Gasteiger partial charge >= 0.3 is 0 Å². The number of para-hydroxylation sites is 2. The van der Waals surface area contributed by atoms with Crippen LogP contribution in [0.25, 0.3) is 144 Å². The Morgan fingerprint density at radius 2 is 0.533 bits per heavy atom. The van der Waals surface area contributed by atoms with Crippen LogP contribution < -0.4 is 68.4 Å². The van der Waals surface area contributed by atoms with Gasteiger partial charge in [0.2, 0.25) is 0 Å². The Balaban J connectivity index is 0.898. The number of fused-ring (bicyclic) bond motifs is 20. The summed E-state index contributed by atoms with van der Waals surface area (Å²) < 4.78 is 22.2. The summed E-state index contributed by atoms with van der Waals surface area (Å²) in [7, 11) is 0. The molecular formula is C126H93B3N4O2. The van der Waals surface area contributed by atoms with E-state index in [0.29, 0.717) is 0 Å². The standard InChI is InChI=1S/C126H93B3N4O2/c1-124(2,3)88-68-93(80-46-26-14-27-47-80)118(94(69-88)81-48-28-15-29-49-81)131-105-72-90(126(7,8)9)73-106-113(105)129(115-108(131)74-107-114-122(115)133-104-57-37-35-55-92(104)98-63-87(79-44-24-13-25-45-79)67-102(121(98)133)128(114)101-66-86(78-42-22-12-23-43-78)62-97-91-54-34-36-56-103(91)130(107)120(97)101)116-109(132(106)119-95(82-50-30-16-31-51-82)70-89(125(4,5)6)71-96(119)83-52-32-17-33-53-83)75-112-117-123(116)135-111-61-59-85(77-40-20-11-21-41-77)65-100(111)127(117)99-64-84(58-60-110(99)134-112)76-38-18-10-19-39-76/h10-75H,1-9H3. The molecule has 0 spiro atoms. The maximum atomic E-state index is 8.63. The molecule has 2 aromatic heterocycles. The van der Waals surface area contributed by atoms with E-state index in [1.807, 2.05) is 0 Å². The van der Waals surface area contributed by atoms with Crippen molar-refractivity contribution in [2.75, 3.05) is 9.80 Å². The Morgan fingerprint density at radius 1 is 0.207 bits per heavy atom. The highest BCUT2D eigenvalue weighted by molar-refractivity contribution is 7.06. The van der Waals surface area contributed by atoms with E-state index in [2.05, 4.69) is 482 Å². The van der Waals surface area contributed by atoms with E-state index in [1.54, 1.807) is 0 Å². The van der Waals surface area contributed by atoms with Gasteiger partial charge in [0.1, 0.15) is 23.0 Å². The van der Waals surface area contributed by atoms with E-state index in [0.717, 1.165) is 174 Å². The van der Waals surface area contributed by atoms with Gasteiger partial charge in [0.25, 0.3) is 20.1 Å². The molecule has 0 atom stereocenters. The molecule has 0 saturated heterocycles. The monoisotopic (exact) mass is 1730 g/mol. The zero-order valence-electron chi connectivity index (χ0n) is 76.9. The lowest BCUT2D eigenvalue weighted by Crippen LogP contribution is -2.68. The highest BCUT2D eigenvalue weighted by Gasteiger charge is 2.55. The average Bonchev–Trinajstić information content (AvgIpc) is 1.53. The quantitative estimate of drug-likeness (QED) is 0.128. The number of rotatable bonds is 10. The molecule has 6 nitrogen and oxygen atoms in total. The second-order valence-electron chi connectivity index (χ2n) is 40.9. The molecule has 0 unspecified atom stereocenters. The molecule has 0 saturated carbocycles. The van der Waals surface area contributed by atoms with Gasteiger partial charge in [0, 0.05) is 100 Å². The molecule has 0 bridgehead atoms. The number of ether oxygens (including phenoxy) is 2. The Hall–Kier alpha value is -15.8. The number of anilines is 6. The number of benzene rings is 19. The molecule has 9 heteroatoms. The van der Waals surface area contributed by atoms with Crippen molar-refractivity contribution in [1.82, 2.24) is 9.13 Å². The lowest BCUT2D eigenvalue weighted by Gasteiger charge is -2.49. The predicted octanol–water partition coefficient (Wildman–Crippen LogP) is 27.1. The van der Waals surface area contributed by atoms with Crippen LogP contribution in [0.2, 0.25) is 0 Å². The molecule has 135 heavy (non-hydrogen) atoms. The van der Waals surface area contributed by atoms with Gasteiger partial charge in [-0.25, -0.2) is 0 Å². The molecule has 27 rings (SSSR count). The van der Waals surface area contributed by atoms with Crippen LogP contribution >= 0.6 is 0 Å². The summed E-state index contributed by atoms with van der Waals surface area (Å²) in [5, 5.41) is 4.82. The second-order valence-corrected chi connectivity index (χ2v) is 40.9. The largest absolute Gasteiger partial charge is 0.459 e. The maximum absolute atomic E-state index is 8.63. The van der Waals surface area contributed by atoms with Gasteiger partial charge in [-0.3, -0.25) is 0 Å². The summed E-state index contributed by atoms with van der Waals surface area (Å²) in [4.78, 5) is 5.57. The number of hydrogen-bond acceptors (Lipinski definition) is 4. The van der Waals surface area contributed by atoms with Crippen molar-refractivity contribution in [3.63, 3.8) is 0 Å². The predicted molar refractivity (Wildman–Crippen MR) is 571 cm³/mol. The molecule has 0 fully saturated rings. The summed E-state index contributed by atoms with van der Waals surface area (Å²) in [6.07, 6.45) is 0. The van der Waals surface area contributed by atoms with Crippen LogP contribution in [0.15, 0.2) is 400 Å². The number of nitrogens with zero attached hydrogens (tertiary/aromatic N) is 4. The molecular weight excluding hydrogens is 1630 g/mol. The molecule has 19 aromatic carbocycles. The smallest absolute Gasteiger partial charge is 0.260 e. The molecule has 21 aromatic rings. The minimum Gasteiger partial charge on any atom is -0.459 e. The molecule has 6 aliphatic rings. The van der Waals surface area contributed by atoms with Gasteiger partial charge in [-0.15, -0.1) is 0 Å². The SMILES string of the molecule is CC(C)(C)c1cc(-c2ccccc2)c(N2c3cc(C(C)(C)C)cc4c3B(c3c2cc2c5c3Oc3ccc(-c6ccccc6)cc3B5c3cc(-c5ccccc5)ccc3O2)c2c(cc3c5c2-n2c6ccccc6c6cc(-c7ccccc7)cc(c62)B5c2cc(-c5ccccc5)cc5c6ccccc6n-3c25)N4c2c(-c3ccccc3)cc(C(C)(C)C)cc2-c2ccccc2)c(-c2ccccc2)c1. The van der Waals surface area contributed by atoms with Crippen LogP contribution in [-0.2, 0) is 16.2 Å². The van der Waals surface area contributed by atoms with Crippen molar-refractivity contribution >= 4 is 147 Å². The van der Waals surface area contributed by atoms with Crippen molar-refractivity contribution in [3.05, 3.63) is 417 Å². The Labute approximate surface area is 788 Å². The zero-order valence-corrected chi connectivity index (χ0v) is 76.9. The summed E-state index contributed by atoms with van der Waals surface area (Å²) in [6.45, 7) is 20.1. The van der Waals surface area contributed by atoms with Gasteiger partial charge < -0.3 is 28.4 Å². The van der Waals surface area contributed by atoms with E-state index in [4.69, 9.17) is 9.47 Å². The van der Waals surface area contributed by atoms with Crippen molar-refractivity contribution in [2.45, 2.75) is 78.6 Å². The van der Waals surface area contributed by atoms with Gasteiger partial charge in [-0.05, 0) is 222 Å². The summed E-state index contributed by atoms with van der Waals surface area (Å²) in [5.74, 6) is 3.14. The third kappa shape index (κ3) is 11.9. The fraction of sp³-hybridized carbons (Fsp3) is 0.0952. The minimum absolute atomic E-state index is 0.292. The molecule has 0 radical (unpaired) electrons. The normalized spacial score (nSPS) is 13.4. The molecule has 8 heterocycles. The fourth-order valence-corrected chi connectivity index (χ4v) is 23.6. The molecule has 6 aliphatic heterocycles. The van der Waals surface area contributed by atoms with Gasteiger partial charge in [0.15, 0.2) is 0 Å². The van der Waals surface area contributed by atoms with Crippen LogP contribution in [0, 0.1) is 0 Å². The first-order valence-electron chi connectivity index (χ1n) is 47.7. The van der Waals surface area contributed by atoms with Crippen LogP contribution in [0.4, 0.5) is 34.1 Å². The van der Waals surface area contributed by atoms with Crippen molar-refractivity contribution in [2.24, 2.45) is 0 Å². The number of aromatic nitrogens is 2. The first kappa shape index (κ1) is 79.0. The Morgan fingerprint density at radius 3 is 0.948 bits per heavy atom. The van der Waals surface area contributed by atoms with Crippen LogP contribution in [-0.4, -0.2) is 29.3 Å². The Bertz CT molecular complexity index is 8420. The third-order valence-electron chi connectivity index (χ3n) is 30.0. The van der Waals surface area contributed by atoms with Crippen LogP contribution in [0.5, 0.6) is 23.0 Å². The van der Waals surface area contributed by atoms with Gasteiger partial charge in [0.05, 0.1) is 22.4 Å². The number of hydrogen-bond donors (Lipinski definition) is 0. The lowest BCUT2D eigenvalue weighted by molar-refractivity contribution is 0.467. The van der Waals surface area contributed by atoms with E-state index in [1.165, 1.54) is 93.4 Å². The highest BCUT2D eigenvalue weighted by Crippen LogP contribution is 2.59. The molecule has 0 amide bonds. The molecule has 0 aliphatic carbocycles. The third-order valence-corrected chi connectivity index (χ3v) is 30.0. The summed E-state index contributed by atoms with van der Waals surface area (Å²) >= 11 is 0. The summed E-state index contributed by atoms with van der Waals surface area (Å²) in [5.41, 5.74) is 44.3. The van der Waals surface area contributed by atoms with Crippen LogP contribution in [0.3, 0.4) is 0 Å². The Kier molecular flexibility index (Phi) is 17.2. The van der Waals surface area contributed by atoms with E-state index in [9.17, 15) is 0 Å². The first-order chi connectivity index (χ1) is 65.9. The zero-order chi connectivity index (χ0) is 90.3. The van der Waals surface area contributed by atoms with E-state index >= 15 is 0 Å². The van der Waals surface area contributed by atoms with Gasteiger partial charge in [-0.1, -0.05) is 378 Å². The molecule has 0 N–H and O–H groups in total. The van der Waals surface area contributed by atoms with Crippen LogP contribution in [0.1, 0.15) is 79.0 Å². The summed E-state index contributed by atoms with van der Waals surface area (Å²) in [6, 6.07) is 153. The average molecular weight is 1730 g/mol. The first-order valence-corrected chi connectivity index (χ1v) is 47.7. The highest BCUT2D eigenvalue weighted by atomic mass is 16.5. The van der Waals surface area contributed by atoms with Crippen molar-refractivity contribution in [3.8, 4) is 123 Å². The van der Waals surface area contributed by atoms with Crippen molar-refractivity contribution < 1.29 is 9.47 Å². The second kappa shape index (κ2) is 29.3. The topological polar surface area (TPSA) is 34.8 Å². The minimum atomic E-state index is -0.631. The maximum Gasteiger partial charge on any atom is 0.260 e.